The van der Waals surface area contributed by atoms with Crippen LogP contribution in [0.5, 0.6) is 0 Å². The van der Waals surface area contributed by atoms with Gasteiger partial charge >= 0.3 is 12.1 Å². The van der Waals surface area contributed by atoms with Gasteiger partial charge in [0.05, 0.1) is 5.02 Å². The summed E-state index contributed by atoms with van der Waals surface area (Å²) in [6.07, 6.45) is -4.43. The lowest BCUT2D eigenvalue weighted by Gasteiger charge is -2.11. The van der Waals surface area contributed by atoms with E-state index in [4.69, 9.17) is 16.7 Å². The molecule has 0 amide bonds. The van der Waals surface area contributed by atoms with Crippen molar-refractivity contribution < 1.29 is 27.5 Å². The Balaban J connectivity index is 2.40. The number of carbonyl (C=O) groups is 1. The predicted octanol–water partition coefficient (Wildman–Crippen LogP) is 3.73. The second-order valence-electron chi connectivity index (χ2n) is 4.01. The van der Waals surface area contributed by atoms with E-state index in [9.17, 15) is 22.4 Å². The van der Waals surface area contributed by atoms with Crippen molar-refractivity contribution in [2.45, 2.75) is 6.18 Å². The zero-order chi connectivity index (χ0) is 16.5. The molecule has 2 aromatic rings. The van der Waals surface area contributed by atoms with Crippen molar-refractivity contribution in [1.29, 1.82) is 0 Å². The molecule has 0 unspecified atom stereocenters. The van der Waals surface area contributed by atoms with Crippen LogP contribution in [0.25, 0.3) is 0 Å². The smallest absolute Gasteiger partial charge is 0.434 e. The van der Waals surface area contributed by atoms with Gasteiger partial charge in [0.25, 0.3) is 0 Å². The summed E-state index contributed by atoms with van der Waals surface area (Å²) in [4.78, 5) is 17.4. The number of nitrogens with zero attached hydrogens (tertiary/aromatic N) is 2. The van der Waals surface area contributed by atoms with Gasteiger partial charge in [-0.1, -0.05) is 11.6 Å². The molecule has 0 fully saturated rings. The van der Waals surface area contributed by atoms with Crippen LogP contribution in [0.1, 0.15) is 16.1 Å². The second kappa shape index (κ2) is 5.76. The summed E-state index contributed by atoms with van der Waals surface area (Å²) in [6.45, 7) is 0. The summed E-state index contributed by atoms with van der Waals surface area (Å²) in [5.74, 6) is -3.01. The molecule has 5 nitrogen and oxygen atoms in total. The Kier molecular flexibility index (Phi) is 4.18. The summed E-state index contributed by atoms with van der Waals surface area (Å²) in [6, 6.07) is 3.34. The molecule has 1 aromatic heterocycles. The fourth-order valence-corrected chi connectivity index (χ4v) is 1.70. The number of nitrogens with one attached hydrogen (secondary N) is 1. The first kappa shape index (κ1) is 16.0. The van der Waals surface area contributed by atoms with E-state index in [0.29, 0.717) is 6.20 Å². The van der Waals surface area contributed by atoms with Gasteiger partial charge in [0.15, 0.2) is 5.69 Å². The van der Waals surface area contributed by atoms with E-state index < -0.39 is 35.2 Å². The van der Waals surface area contributed by atoms with Crippen molar-refractivity contribution in [2.24, 2.45) is 0 Å². The Hall–Kier alpha value is -2.42. The van der Waals surface area contributed by atoms with Crippen LogP contribution in [0, 0.1) is 5.82 Å². The highest BCUT2D eigenvalue weighted by molar-refractivity contribution is 6.31. The fourth-order valence-electron chi connectivity index (χ4n) is 1.52. The summed E-state index contributed by atoms with van der Waals surface area (Å²) >= 11 is 5.54. The Labute approximate surface area is 125 Å². The number of rotatable bonds is 3. The van der Waals surface area contributed by atoms with E-state index in [2.05, 4.69) is 15.3 Å². The van der Waals surface area contributed by atoms with E-state index in [0.717, 1.165) is 12.1 Å². The van der Waals surface area contributed by atoms with Crippen molar-refractivity contribution in [3.05, 3.63) is 46.5 Å². The maximum absolute atomic E-state index is 13.0. The van der Waals surface area contributed by atoms with Crippen molar-refractivity contribution in [3.63, 3.8) is 0 Å². The van der Waals surface area contributed by atoms with Crippen LogP contribution < -0.4 is 5.32 Å². The van der Waals surface area contributed by atoms with Gasteiger partial charge in [-0.2, -0.15) is 13.2 Å². The standard InChI is InChI=1S/C12H6ClF4N3O2/c13-7-3-5(1-2-8(7)14)19-11-18-4-6(10(21)22)9(20-11)12(15,16)17/h1-4H,(H,21,22)(H,18,19,20). The summed E-state index contributed by atoms with van der Waals surface area (Å²) < 4.78 is 51.4. The summed E-state index contributed by atoms with van der Waals surface area (Å²) in [5.41, 5.74) is -2.52. The number of halogens is 5. The molecule has 0 spiro atoms. The van der Waals surface area contributed by atoms with Gasteiger partial charge in [-0.25, -0.2) is 19.2 Å². The highest BCUT2D eigenvalue weighted by atomic mass is 35.5. The average molecular weight is 336 g/mol. The number of hydrogen-bond donors (Lipinski definition) is 2. The molecule has 22 heavy (non-hydrogen) atoms. The zero-order valence-electron chi connectivity index (χ0n) is 10.4. The van der Waals surface area contributed by atoms with Crippen LogP contribution in [-0.2, 0) is 6.18 Å². The molecule has 0 saturated carbocycles. The molecule has 0 bridgehead atoms. The lowest BCUT2D eigenvalue weighted by Crippen LogP contribution is -2.17. The van der Waals surface area contributed by atoms with Gasteiger partial charge in [-0.3, -0.25) is 0 Å². The van der Waals surface area contributed by atoms with Gasteiger partial charge < -0.3 is 10.4 Å². The molecule has 10 heteroatoms. The summed E-state index contributed by atoms with van der Waals surface area (Å²) in [5, 5.41) is 10.9. The first-order valence-electron chi connectivity index (χ1n) is 5.58. The molecule has 116 valence electrons. The molecule has 0 saturated heterocycles. The number of aromatic nitrogens is 2. The highest BCUT2D eigenvalue weighted by Crippen LogP contribution is 2.31. The topological polar surface area (TPSA) is 75.1 Å². The van der Waals surface area contributed by atoms with Gasteiger partial charge in [-0.15, -0.1) is 0 Å². The Bertz CT molecular complexity index is 737. The van der Waals surface area contributed by atoms with Crippen molar-refractivity contribution >= 4 is 29.2 Å². The molecule has 0 aliphatic rings. The molecular weight excluding hydrogens is 330 g/mol. The molecule has 0 radical (unpaired) electrons. The number of benzene rings is 1. The lowest BCUT2D eigenvalue weighted by molar-refractivity contribution is -0.141. The molecule has 0 atom stereocenters. The number of aromatic carboxylic acids is 1. The Morgan fingerprint density at radius 2 is 2.00 bits per heavy atom. The van der Waals surface area contributed by atoms with E-state index in [1.54, 1.807) is 0 Å². The number of carboxylic acid groups (broad SMARTS) is 1. The Morgan fingerprint density at radius 3 is 2.55 bits per heavy atom. The number of anilines is 2. The normalized spacial score (nSPS) is 11.3. The third kappa shape index (κ3) is 3.42. The van der Waals surface area contributed by atoms with Gasteiger partial charge in [0.1, 0.15) is 11.4 Å². The van der Waals surface area contributed by atoms with Gasteiger partial charge in [0, 0.05) is 11.9 Å². The lowest BCUT2D eigenvalue weighted by atomic mass is 10.2. The van der Waals surface area contributed by atoms with Crippen LogP contribution in [0.4, 0.5) is 29.2 Å². The van der Waals surface area contributed by atoms with Gasteiger partial charge in [0.2, 0.25) is 5.95 Å². The molecule has 2 N–H and O–H groups in total. The SMILES string of the molecule is O=C(O)c1cnc(Nc2ccc(F)c(Cl)c2)nc1C(F)(F)F. The first-order chi connectivity index (χ1) is 10.2. The van der Waals surface area contributed by atoms with Crippen molar-refractivity contribution in [1.82, 2.24) is 9.97 Å². The predicted molar refractivity (Wildman–Crippen MR) is 68.7 cm³/mol. The van der Waals surface area contributed by atoms with E-state index in [1.807, 2.05) is 0 Å². The Morgan fingerprint density at radius 1 is 1.32 bits per heavy atom. The molecule has 1 heterocycles. The van der Waals surface area contributed by atoms with Crippen LogP contribution >= 0.6 is 11.6 Å². The van der Waals surface area contributed by atoms with Crippen molar-refractivity contribution in [2.75, 3.05) is 5.32 Å². The minimum atomic E-state index is -4.96. The van der Waals surface area contributed by atoms with Gasteiger partial charge in [-0.05, 0) is 18.2 Å². The third-order valence-electron chi connectivity index (χ3n) is 2.46. The largest absolute Gasteiger partial charge is 0.478 e. The molecule has 1 aromatic carbocycles. The number of carboxylic acids is 1. The molecule has 0 aliphatic heterocycles. The maximum Gasteiger partial charge on any atom is 0.434 e. The van der Waals surface area contributed by atoms with Crippen LogP contribution in [-0.4, -0.2) is 21.0 Å². The van der Waals surface area contributed by atoms with E-state index in [1.165, 1.54) is 6.07 Å². The quantitative estimate of drug-likeness (QED) is 0.836. The minimum absolute atomic E-state index is 0.141. The second-order valence-corrected chi connectivity index (χ2v) is 4.42. The maximum atomic E-state index is 13.0. The fraction of sp³-hybridized carbons (Fsp3) is 0.0833. The third-order valence-corrected chi connectivity index (χ3v) is 2.75. The van der Waals surface area contributed by atoms with Crippen molar-refractivity contribution in [3.8, 4) is 0 Å². The zero-order valence-corrected chi connectivity index (χ0v) is 11.2. The van der Waals surface area contributed by atoms with E-state index in [-0.39, 0.29) is 10.7 Å². The molecule has 0 aliphatic carbocycles. The molecule has 2 rings (SSSR count). The monoisotopic (exact) mass is 335 g/mol. The minimum Gasteiger partial charge on any atom is -0.478 e. The van der Waals surface area contributed by atoms with Crippen LogP contribution in [0.3, 0.4) is 0 Å². The summed E-state index contributed by atoms with van der Waals surface area (Å²) in [7, 11) is 0. The van der Waals surface area contributed by atoms with E-state index >= 15 is 0 Å². The number of hydrogen-bond acceptors (Lipinski definition) is 4. The van der Waals surface area contributed by atoms with Crippen LogP contribution in [0.2, 0.25) is 5.02 Å². The first-order valence-corrected chi connectivity index (χ1v) is 5.96. The van der Waals surface area contributed by atoms with Crippen LogP contribution in [0.15, 0.2) is 24.4 Å². The molecular formula is C12H6ClF4N3O2. The number of alkyl halides is 3. The highest BCUT2D eigenvalue weighted by Gasteiger charge is 2.38. The average Bonchev–Trinajstić information content (AvgIpc) is 2.41.